The summed E-state index contributed by atoms with van der Waals surface area (Å²) in [5, 5.41) is 12.3. The number of aliphatic hydroxyl groups excluding tert-OH is 1. The average molecular weight is 274 g/mol. The number of aliphatic hydroxyl groups is 1. The van der Waals surface area contributed by atoms with Crippen LogP contribution >= 0.6 is 0 Å². The Morgan fingerprint density at radius 2 is 2.25 bits per heavy atom. The summed E-state index contributed by atoms with van der Waals surface area (Å²) in [7, 11) is 1.71. The highest BCUT2D eigenvalue weighted by Gasteiger charge is 2.10. The minimum Gasteiger partial charge on any atom is -0.472 e. The number of nitrogens with zero attached hydrogens (tertiary/aromatic N) is 1. The summed E-state index contributed by atoms with van der Waals surface area (Å²) in [4.78, 5) is 13.6. The van der Waals surface area contributed by atoms with Crippen molar-refractivity contribution in [2.24, 2.45) is 0 Å². The minimum atomic E-state index is -0.560. The molecule has 5 nitrogen and oxygen atoms in total. The van der Waals surface area contributed by atoms with Crippen molar-refractivity contribution in [1.82, 2.24) is 4.90 Å². The highest BCUT2D eigenvalue weighted by atomic mass is 16.3. The standard InChI is InChI=1S/C15H18N2O3/c1-11(18)13-4-3-5-14(8-13)16-15(19)17(2)9-12-6-7-20-10-12/h3-8,10-11,18H,9H2,1-2H3,(H,16,19). The summed E-state index contributed by atoms with van der Waals surface area (Å²) < 4.78 is 4.97. The van der Waals surface area contributed by atoms with Gasteiger partial charge in [0.2, 0.25) is 0 Å². The van der Waals surface area contributed by atoms with Crippen molar-refractivity contribution in [1.29, 1.82) is 0 Å². The molecule has 5 heteroatoms. The zero-order valence-electron chi connectivity index (χ0n) is 11.5. The molecule has 0 radical (unpaired) electrons. The third-order valence-corrected chi connectivity index (χ3v) is 2.97. The topological polar surface area (TPSA) is 65.7 Å². The second kappa shape index (κ2) is 6.25. The number of hydrogen-bond acceptors (Lipinski definition) is 3. The van der Waals surface area contributed by atoms with Gasteiger partial charge < -0.3 is 19.7 Å². The first-order chi connectivity index (χ1) is 9.56. The molecular weight excluding hydrogens is 256 g/mol. The number of rotatable bonds is 4. The number of carbonyl (C=O) groups excluding carboxylic acids is 1. The lowest BCUT2D eigenvalue weighted by molar-refractivity contribution is 0.199. The predicted molar refractivity (Wildman–Crippen MR) is 76.3 cm³/mol. The van der Waals surface area contributed by atoms with Crippen LogP contribution in [0.25, 0.3) is 0 Å². The van der Waals surface area contributed by atoms with Gasteiger partial charge in [0.15, 0.2) is 0 Å². The van der Waals surface area contributed by atoms with Gasteiger partial charge in [0.05, 0.1) is 25.2 Å². The molecule has 0 bridgehead atoms. The molecule has 0 saturated heterocycles. The molecule has 0 aliphatic rings. The Kier molecular flexibility index (Phi) is 4.42. The molecule has 1 aromatic heterocycles. The zero-order valence-corrected chi connectivity index (χ0v) is 11.5. The Hall–Kier alpha value is -2.27. The van der Waals surface area contributed by atoms with Crippen LogP contribution in [0.3, 0.4) is 0 Å². The van der Waals surface area contributed by atoms with Crippen LogP contribution in [0.1, 0.15) is 24.2 Å². The van der Waals surface area contributed by atoms with Crippen LogP contribution in [-0.4, -0.2) is 23.1 Å². The Morgan fingerprint density at radius 3 is 2.90 bits per heavy atom. The fraction of sp³-hybridized carbons (Fsp3) is 0.267. The van der Waals surface area contributed by atoms with Gasteiger partial charge in [0.25, 0.3) is 0 Å². The third-order valence-electron chi connectivity index (χ3n) is 2.97. The van der Waals surface area contributed by atoms with Gasteiger partial charge in [-0.2, -0.15) is 0 Å². The van der Waals surface area contributed by atoms with E-state index in [0.29, 0.717) is 12.2 Å². The van der Waals surface area contributed by atoms with E-state index in [2.05, 4.69) is 5.32 Å². The van der Waals surface area contributed by atoms with Crippen LogP contribution in [0, 0.1) is 0 Å². The van der Waals surface area contributed by atoms with Crippen LogP contribution in [0.15, 0.2) is 47.3 Å². The van der Waals surface area contributed by atoms with Gasteiger partial charge in [-0.05, 0) is 30.7 Å². The van der Waals surface area contributed by atoms with E-state index in [1.165, 1.54) is 0 Å². The van der Waals surface area contributed by atoms with E-state index in [0.717, 1.165) is 11.1 Å². The number of hydrogen-bond donors (Lipinski definition) is 2. The van der Waals surface area contributed by atoms with Gasteiger partial charge in [-0.1, -0.05) is 12.1 Å². The zero-order chi connectivity index (χ0) is 14.5. The maximum absolute atomic E-state index is 12.0. The lowest BCUT2D eigenvalue weighted by Gasteiger charge is -2.17. The van der Waals surface area contributed by atoms with E-state index >= 15 is 0 Å². The van der Waals surface area contributed by atoms with Crippen LogP contribution < -0.4 is 5.32 Å². The molecule has 106 valence electrons. The molecule has 0 aliphatic heterocycles. The van der Waals surface area contributed by atoms with Gasteiger partial charge >= 0.3 is 6.03 Å². The number of nitrogens with one attached hydrogen (secondary N) is 1. The number of furan rings is 1. The van der Waals surface area contributed by atoms with E-state index < -0.39 is 6.10 Å². The second-order valence-electron chi connectivity index (χ2n) is 4.72. The number of anilines is 1. The van der Waals surface area contributed by atoms with Crippen molar-refractivity contribution in [2.45, 2.75) is 19.6 Å². The molecule has 2 N–H and O–H groups in total. The molecule has 1 aromatic carbocycles. The van der Waals surface area contributed by atoms with Crippen LogP contribution in [-0.2, 0) is 6.54 Å². The normalized spacial score (nSPS) is 11.9. The Bertz CT molecular complexity index is 564. The molecule has 0 aliphatic carbocycles. The van der Waals surface area contributed by atoms with Gasteiger partial charge in [0, 0.05) is 18.3 Å². The fourth-order valence-corrected chi connectivity index (χ4v) is 1.82. The summed E-state index contributed by atoms with van der Waals surface area (Å²) in [6.45, 7) is 2.16. The second-order valence-corrected chi connectivity index (χ2v) is 4.72. The number of amides is 2. The molecule has 20 heavy (non-hydrogen) atoms. The Morgan fingerprint density at radius 1 is 1.45 bits per heavy atom. The SMILES string of the molecule is CC(O)c1cccc(NC(=O)N(C)Cc2ccoc2)c1. The van der Waals surface area contributed by atoms with Crippen molar-refractivity contribution in [3.63, 3.8) is 0 Å². The molecule has 0 spiro atoms. The van der Waals surface area contributed by atoms with E-state index in [1.54, 1.807) is 49.6 Å². The summed E-state index contributed by atoms with van der Waals surface area (Å²) in [5.74, 6) is 0. The van der Waals surface area contributed by atoms with E-state index in [4.69, 9.17) is 4.42 Å². The van der Waals surface area contributed by atoms with E-state index in [9.17, 15) is 9.90 Å². The largest absolute Gasteiger partial charge is 0.472 e. The molecule has 1 heterocycles. The minimum absolute atomic E-state index is 0.214. The molecule has 2 aromatic rings. The molecule has 2 rings (SSSR count). The van der Waals surface area contributed by atoms with Gasteiger partial charge in [-0.15, -0.1) is 0 Å². The smallest absolute Gasteiger partial charge is 0.321 e. The summed E-state index contributed by atoms with van der Waals surface area (Å²) in [6, 6.07) is 8.76. The van der Waals surface area contributed by atoms with Gasteiger partial charge in [-0.25, -0.2) is 4.79 Å². The molecule has 1 unspecified atom stereocenters. The maximum Gasteiger partial charge on any atom is 0.321 e. The van der Waals surface area contributed by atoms with Crippen LogP contribution in [0.4, 0.5) is 10.5 Å². The fourth-order valence-electron chi connectivity index (χ4n) is 1.82. The van der Waals surface area contributed by atoms with Crippen molar-refractivity contribution in [3.8, 4) is 0 Å². The van der Waals surface area contributed by atoms with Crippen molar-refractivity contribution in [2.75, 3.05) is 12.4 Å². The van der Waals surface area contributed by atoms with Crippen molar-refractivity contribution < 1.29 is 14.3 Å². The molecular formula is C15H18N2O3. The van der Waals surface area contributed by atoms with Gasteiger partial charge in [0.1, 0.15) is 0 Å². The number of benzene rings is 1. The quantitative estimate of drug-likeness (QED) is 0.900. The summed E-state index contributed by atoms with van der Waals surface area (Å²) in [5.41, 5.74) is 2.35. The molecule has 0 fully saturated rings. The first-order valence-corrected chi connectivity index (χ1v) is 6.37. The highest BCUT2D eigenvalue weighted by molar-refractivity contribution is 5.89. The lowest BCUT2D eigenvalue weighted by Crippen LogP contribution is -2.30. The summed E-state index contributed by atoms with van der Waals surface area (Å²) in [6.07, 6.45) is 2.63. The van der Waals surface area contributed by atoms with E-state index in [-0.39, 0.29) is 6.03 Å². The van der Waals surface area contributed by atoms with Crippen molar-refractivity contribution in [3.05, 3.63) is 54.0 Å². The maximum atomic E-state index is 12.0. The van der Waals surface area contributed by atoms with Crippen LogP contribution in [0.5, 0.6) is 0 Å². The third kappa shape index (κ3) is 3.61. The Labute approximate surface area is 117 Å². The van der Waals surface area contributed by atoms with Crippen molar-refractivity contribution >= 4 is 11.7 Å². The highest BCUT2D eigenvalue weighted by Crippen LogP contribution is 2.17. The monoisotopic (exact) mass is 274 g/mol. The number of urea groups is 1. The summed E-state index contributed by atoms with van der Waals surface area (Å²) >= 11 is 0. The lowest BCUT2D eigenvalue weighted by atomic mass is 10.1. The Balaban J connectivity index is 1.98. The first kappa shape index (κ1) is 14.1. The number of carbonyl (C=O) groups is 1. The molecule has 0 saturated carbocycles. The predicted octanol–water partition coefficient (Wildman–Crippen LogP) is 3.00. The van der Waals surface area contributed by atoms with Crippen LogP contribution in [0.2, 0.25) is 0 Å². The molecule has 1 atom stereocenters. The average Bonchev–Trinajstić information content (AvgIpc) is 2.91. The van der Waals surface area contributed by atoms with E-state index in [1.807, 2.05) is 12.1 Å². The molecule has 2 amide bonds. The van der Waals surface area contributed by atoms with Gasteiger partial charge in [-0.3, -0.25) is 0 Å². The first-order valence-electron chi connectivity index (χ1n) is 6.37.